The van der Waals surface area contributed by atoms with Gasteiger partial charge < -0.3 is 15.5 Å². The highest BCUT2D eigenvalue weighted by Gasteiger charge is 2.35. The number of guanidine groups is 1. The van der Waals surface area contributed by atoms with Gasteiger partial charge in [-0.1, -0.05) is 12.8 Å². The molecule has 0 aromatic carbocycles. The summed E-state index contributed by atoms with van der Waals surface area (Å²) in [6, 6.07) is 0.181. The molecule has 2 aliphatic rings. The van der Waals surface area contributed by atoms with E-state index in [1.807, 2.05) is 13.8 Å². The van der Waals surface area contributed by atoms with E-state index >= 15 is 0 Å². The van der Waals surface area contributed by atoms with Gasteiger partial charge in [-0.3, -0.25) is 9.79 Å². The van der Waals surface area contributed by atoms with Gasteiger partial charge >= 0.3 is 0 Å². The van der Waals surface area contributed by atoms with Crippen molar-refractivity contribution in [3.05, 3.63) is 0 Å². The monoisotopic (exact) mass is 280 g/mol. The molecule has 0 radical (unpaired) electrons. The summed E-state index contributed by atoms with van der Waals surface area (Å²) in [4.78, 5) is 18.3. The Morgan fingerprint density at radius 2 is 1.85 bits per heavy atom. The third kappa shape index (κ3) is 3.87. The molecule has 0 aromatic rings. The van der Waals surface area contributed by atoms with Crippen LogP contribution in [0.5, 0.6) is 0 Å². The van der Waals surface area contributed by atoms with E-state index in [2.05, 4.69) is 20.5 Å². The van der Waals surface area contributed by atoms with Crippen molar-refractivity contribution in [2.75, 3.05) is 26.7 Å². The van der Waals surface area contributed by atoms with Crippen molar-refractivity contribution in [1.29, 1.82) is 0 Å². The van der Waals surface area contributed by atoms with Crippen LogP contribution in [0.1, 0.15) is 39.5 Å². The van der Waals surface area contributed by atoms with Crippen LogP contribution in [-0.4, -0.2) is 49.5 Å². The Morgan fingerprint density at radius 1 is 1.25 bits per heavy atom. The third-order valence-corrected chi connectivity index (χ3v) is 4.34. The fraction of sp³-hybridized carbons (Fsp3) is 0.867. The van der Waals surface area contributed by atoms with Gasteiger partial charge in [-0.15, -0.1) is 0 Å². The van der Waals surface area contributed by atoms with Crippen LogP contribution in [0, 0.1) is 11.8 Å². The predicted molar refractivity (Wildman–Crippen MR) is 81.7 cm³/mol. The first-order valence-corrected chi connectivity index (χ1v) is 7.85. The lowest BCUT2D eigenvalue weighted by atomic mass is 9.82. The third-order valence-electron chi connectivity index (χ3n) is 4.34. The summed E-state index contributed by atoms with van der Waals surface area (Å²) >= 11 is 0. The summed E-state index contributed by atoms with van der Waals surface area (Å²) in [5.74, 6) is 2.55. The Kier molecular flexibility index (Phi) is 5.26. The molecule has 114 valence electrons. The number of carbonyl (C=O) groups is 1. The standard InChI is InChI=1S/C15H28N4O/c1-11(2)18-14(20)8-17-15(16-3)19-9-12-6-4-5-7-13(12)10-19/h11-13H,4-10H2,1-3H3,(H,16,17)(H,18,20). The quantitative estimate of drug-likeness (QED) is 0.603. The molecular weight excluding hydrogens is 252 g/mol. The first-order chi connectivity index (χ1) is 9.60. The van der Waals surface area contributed by atoms with Crippen molar-refractivity contribution >= 4 is 11.9 Å². The number of hydrogen-bond acceptors (Lipinski definition) is 2. The van der Waals surface area contributed by atoms with Crippen LogP contribution in [0.4, 0.5) is 0 Å². The Bertz CT molecular complexity index is 353. The predicted octanol–water partition coefficient (Wildman–Crippen LogP) is 1.21. The minimum Gasteiger partial charge on any atom is -0.352 e. The molecule has 2 rings (SSSR count). The molecule has 5 nitrogen and oxygen atoms in total. The molecule has 20 heavy (non-hydrogen) atoms. The summed E-state index contributed by atoms with van der Waals surface area (Å²) in [5.41, 5.74) is 0. The van der Waals surface area contributed by atoms with Gasteiger partial charge in [0.1, 0.15) is 0 Å². The Balaban J connectivity index is 1.82. The summed E-state index contributed by atoms with van der Waals surface area (Å²) in [7, 11) is 1.80. The van der Waals surface area contributed by atoms with Crippen LogP contribution in [0.3, 0.4) is 0 Å². The van der Waals surface area contributed by atoms with E-state index in [0.29, 0.717) is 6.54 Å². The van der Waals surface area contributed by atoms with Gasteiger partial charge in [0.15, 0.2) is 5.96 Å². The molecule has 1 aliphatic heterocycles. The van der Waals surface area contributed by atoms with Crippen molar-refractivity contribution < 1.29 is 4.79 Å². The van der Waals surface area contributed by atoms with Gasteiger partial charge in [0.05, 0.1) is 6.54 Å². The number of hydrogen-bond donors (Lipinski definition) is 2. The van der Waals surface area contributed by atoms with Crippen LogP contribution in [-0.2, 0) is 4.79 Å². The maximum atomic E-state index is 11.7. The van der Waals surface area contributed by atoms with E-state index < -0.39 is 0 Å². The first-order valence-electron chi connectivity index (χ1n) is 7.85. The largest absolute Gasteiger partial charge is 0.352 e. The second-order valence-electron chi connectivity index (χ2n) is 6.33. The SMILES string of the molecule is CN=C(NCC(=O)NC(C)C)N1CC2CCCCC2C1. The Morgan fingerprint density at radius 3 is 2.35 bits per heavy atom. The summed E-state index contributed by atoms with van der Waals surface area (Å²) in [6.45, 7) is 6.43. The van der Waals surface area contributed by atoms with E-state index in [4.69, 9.17) is 0 Å². The van der Waals surface area contributed by atoms with E-state index in [1.54, 1.807) is 7.05 Å². The molecule has 1 amide bonds. The highest BCUT2D eigenvalue weighted by molar-refractivity contribution is 5.86. The number of nitrogens with one attached hydrogen (secondary N) is 2. The molecule has 2 atom stereocenters. The summed E-state index contributed by atoms with van der Waals surface area (Å²) in [6.07, 6.45) is 5.45. The topological polar surface area (TPSA) is 56.7 Å². The smallest absolute Gasteiger partial charge is 0.239 e. The molecule has 0 aromatic heterocycles. The Labute approximate surface area is 122 Å². The lowest BCUT2D eigenvalue weighted by Gasteiger charge is -2.22. The number of rotatable bonds is 3. The number of amides is 1. The Hall–Kier alpha value is -1.26. The molecule has 1 saturated carbocycles. The second-order valence-corrected chi connectivity index (χ2v) is 6.33. The minimum absolute atomic E-state index is 0.0257. The molecule has 1 aliphatic carbocycles. The highest BCUT2D eigenvalue weighted by atomic mass is 16.2. The molecule has 2 N–H and O–H groups in total. The highest BCUT2D eigenvalue weighted by Crippen LogP contribution is 2.35. The molecule has 0 spiro atoms. The van der Waals surface area contributed by atoms with Gasteiger partial charge in [-0.2, -0.15) is 0 Å². The van der Waals surface area contributed by atoms with Crippen LogP contribution in [0.15, 0.2) is 4.99 Å². The fourth-order valence-electron chi connectivity index (χ4n) is 3.44. The lowest BCUT2D eigenvalue weighted by Crippen LogP contribution is -2.45. The van der Waals surface area contributed by atoms with Crippen molar-refractivity contribution in [2.45, 2.75) is 45.6 Å². The molecule has 2 unspecified atom stereocenters. The maximum Gasteiger partial charge on any atom is 0.239 e. The summed E-state index contributed by atoms with van der Waals surface area (Å²) < 4.78 is 0. The normalized spacial score (nSPS) is 26.6. The molecule has 0 bridgehead atoms. The van der Waals surface area contributed by atoms with Crippen molar-refractivity contribution in [1.82, 2.24) is 15.5 Å². The average molecular weight is 280 g/mol. The average Bonchev–Trinajstić information content (AvgIpc) is 2.82. The van der Waals surface area contributed by atoms with E-state index in [1.165, 1.54) is 25.7 Å². The second kappa shape index (κ2) is 6.95. The first kappa shape index (κ1) is 15.1. The molecule has 5 heteroatoms. The lowest BCUT2D eigenvalue weighted by molar-refractivity contribution is -0.120. The maximum absolute atomic E-state index is 11.7. The van der Waals surface area contributed by atoms with Gasteiger partial charge in [0, 0.05) is 26.2 Å². The van der Waals surface area contributed by atoms with E-state index in [-0.39, 0.29) is 11.9 Å². The van der Waals surface area contributed by atoms with Gasteiger partial charge in [0.25, 0.3) is 0 Å². The van der Waals surface area contributed by atoms with Crippen LogP contribution in [0.2, 0.25) is 0 Å². The number of likely N-dealkylation sites (tertiary alicyclic amines) is 1. The van der Waals surface area contributed by atoms with Gasteiger partial charge in [-0.05, 0) is 38.5 Å². The zero-order valence-electron chi connectivity index (χ0n) is 13.0. The van der Waals surface area contributed by atoms with Crippen LogP contribution < -0.4 is 10.6 Å². The molecule has 2 fully saturated rings. The zero-order valence-corrected chi connectivity index (χ0v) is 13.0. The molecular formula is C15H28N4O. The number of aliphatic imine (C=N–C) groups is 1. The minimum atomic E-state index is 0.0257. The molecule has 1 heterocycles. The number of carbonyl (C=O) groups excluding carboxylic acids is 1. The fourth-order valence-corrected chi connectivity index (χ4v) is 3.44. The van der Waals surface area contributed by atoms with Crippen molar-refractivity contribution in [3.63, 3.8) is 0 Å². The van der Waals surface area contributed by atoms with Crippen LogP contribution >= 0.6 is 0 Å². The number of fused-ring (bicyclic) bond motifs is 1. The van der Waals surface area contributed by atoms with Crippen molar-refractivity contribution in [3.8, 4) is 0 Å². The van der Waals surface area contributed by atoms with Crippen molar-refractivity contribution in [2.24, 2.45) is 16.8 Å². The van der Waals surface area contributed by atoms with Crippen LogP contribution in [0.25, 0.3) is 0 Å². The van der Waals surface area contributed by atoms with Gasteiger partial charge in [0.2, 0.25) is 5.91 Å². The number of nitrogens with zero attached hydrogens (tertiary/aromatic N) is 2. The molecule has 1 saturated heterocycles. The van der Waals surface area contributed by atoms with Gasteiger partial charge in [-0.25, -0.2) is 0 Å². The summed E-state index contributed by atoms with van der Waals surface area (Å²) in [5, 5.41) is 6.08. The van der Waals surface area contributed by atoms with E-state index in [0.717, 1.165) is 30.9 Å². The van der Waals surface area contributed by atoms with E-state index in [9.17, 15) is 4.79 Å². The zero-order chi connectivity index (χ0) is 14.5.